The van der Waals surface area contributed by atoms with Gasteiger partial charge in [0.25, 0.3) is 0 Å². The third kappa shape index (κ3) is 3.56. The molecule has 3 nitrogen and oxygen atoms in total. The van der Waals surface area contributed by atoms with E-state index in [-0.39, 0.29) is 6.10 Å². The van der Waals surface area contributed by atoms with Gasteiger partial charge in [0.1, 0.15) is 0 Å². The van der Waals surface area contributed by atoms with Gasteiger partial charge in [0, 0.05) is 0 Å². The van der Waals surface area contributed by atoms with E-state index in [9.17, 15) is 5.26 Å². The summed E-state index contributed by atoms with van der Waals surface area (Å²) >= 11 is 0. The summed E-state index contributed by atoms with van der Waals surface area (Å²) < 4.78 is 5.89. The summed E-state index contributed by atoms with van der Waals surface area (Å²) in [5.41, 5.74) is 0.748. The normalized spacial score (nSPS) is 26.3. The first-order chi connectivity index (χ1) is 9.28. The van der Waals surface area contributed by atoms with Crippen LogP contribution in [-0.2, 0) is 11.3 Å². The Balaban J connectivity index is 1.81. The van der Waals surface area contributed by atoms with Crippen LogP contribution in [0.3, 0.4) is 0 Å². The predicted octanol–water partition coefficient (Wildman–Crippen LogP) is 3.57. The molecular weight excluding hydrogens is 236 g/mol. The fourth-order valence-electron chi connectivity index (χ4n) is 2.58. The Morgan fingerprint density at radius 2 is 1.84 bits per heavy atom. The van der Waals surface area contributed by atoms with Crippen molar-refractivity contribution in [3.8, 4) is 12.1 Å². The first kappa shape index (κ1) is 13.6. The molecule has 0 aliphatic heterocycles. The van der Waals surface area contributed by atoms with Gasteiger partial charge in [-0.2, -0.15) is 10.5 Å². The fraction of sp³-hybridized carbons (Fsp3) is 0.500. The Hall–Kier alpha value is -1.84. The second kappa shape index (κ2) is 6.36. The quantitative estimate of drug-likeness (QED) is 0.825. The van der Waals surface area contributed by atoms with E-state index in [1.54, 1.807) is 0 Å². The van der Waals surface area contributed by atoms with E-state index in [1.807, 2.05) is 18.2 Å². The molecule has 1 aliphatic carbocycles. The van der Waals surface area contributed by atoms with E-state index >= 15 is 0 Å². The lowest BCUT2D eigenvalue weighted by molar-refractivity contribution is -0.00167. The number of hydrogen-bond acceptors (Lipinski definition) is 3. The van der Waals surface area contributed by atoms with Gasteiger partial charge < -0.3 is 4.74 Å². The van der Waals surface area contributed by atoms with Crippen molar-refractivity contribution < 1.29 is 4.74 Å². The molecule has 19 heavy (non-hydrogen) atoms. The average Bonchev–Trinajstić information content (AvgIpc) is 2.48. The maximum atomic E-state index is 9.22. The van der Waals surface area contributed by atoms with Crippen LogP contribution in [0.1, 0.15) is 37.7 Å². The van der Waals surface area contributed by atoms with Crippen LogP contribution in [0, 0.1) is 28.1 Å². The monoisotopic (exact) mass is 254 g/mol. The molecule has 0 unspecified atom stereocenters. The smallest absolute Gasteiger partial charge is 0.0720 e. The summed E-state index contributed by atoms with van der Waals surface area (Å²) in [4.78, 5) is 0. The number of benzene rings is 1. The van der Waals surface area contributed by atoms with Gasteiger partial charge in [0.05, 0.1) is 36.7 Å². The summed E-state index contributed by atoms with van der Waals surface area (Å²) in [6.07, 6.45) is 3.87. The highest BCUT2D eigenvalue weighted by molar-refractivity contribution is 5.13. The van der Waals surface area contributed by atoms with Crippen molar-refractivity contribution in [2.24, 2.45) is 5.41 Å². The molecule has 0 spiro atoms. The van der Waals surface area contributed by atoms with Crippen molar-refractivity contribution in [1.29, 1.82) is 10.5 Å². The predicted molar refractivity (Wildman–Crippen MR) is 71.8 cm³/mol. The number of ether oxygens (including phenoxy) is 1. The Labute approximate surface area is 114 Å². The molecule has 0 radical (unpaired) electrons. The van der Waals surface area contributed by atoms with Crippen LogP contribution in [0.5, 0.6) is 0 Å². The summed E-state index contributed by atoms with van der Waals surface area (Å²) in [7, 11) is 0. The molecule has 3 heteroatoms. The van der Waals surface area contributed by atoms with Crippen molar-refractivity contribution in [2.75, 3.05) is 0 Å². The second-order valence-corrected chi connectivity index (χ2v) is 5.22. The summed E-state index contributed by atoms with van der Waals surface area (Å²) in [6.45, 7) is 0.628. The maximum absolute atomic E-state index is 9.22. The minimum absolute atomic E-state index is 0.223. The van der Waals surface area contributed by atoms with Crippen LogP contribution >= 0.6 is 0 Å². The molecule has 0 saturated heterocycles. The standard InChI is InChI=1S/C16H18N2O/c17-11-10-16(13-18)8-6-15(7-9-16)19-12-14-4-2-1-3-5-14/h1-5,15H,6-10,12H2. The first-order valence-corrected chi connectivity index (χ1v) is 6.72. The van der Waals surface area contributed by atoms with Gasteiger partial charge in [-0.3, -0.25) is 0 Å². The highest BCUT2D eigenvalue weighted by Crippen LogP contribution is 2.39. The molecule has 0 amide bonds. The van der Waals surface area contributed by atoms with Crippen molar-refractivity contribution in [3.63, 3.8) is 0 Å². The van der Waals surface area contributed by atoms with Gasteiger partial charge in [-0.05, 0) is 31.2 Å². The third-order valence-corrected chi connectivity index (χ3v) is 3.87. The van der Waals surface area contributed by atoms with Crippen LogP contribution in [0.4, 0.5) is 0 Å². The van der Waals surface area contributed by atoms with Gasteiger partial charge in [-0.1, -0.05) is 30.3 Å². The van der Waals surface area contributed by atoms with Crippen LogP contribution in [-0.4, -0.2) is 6.10 Å². The number of nitrogens with zero attached hydrogens (tertiary/aromatic N) is 2. The largest absolute Gasteiger partial charge is 0.374 e. The molecule has 0 aromatic heterocycles. The average molecular weight is 254 g/mol. The van der Waals surface area contributed by atoms with Gasteiger partial charge in [0.2, 0.25) is 0 Å². The molecule has 2 rings (SSSR count). The molecule has 1 aliphatic rings. The fourth-order valence-corrected chi connectivity index (χ4v) is 2.58. The van der Waals surface area contributed by atoms with E-state index in [0.717, 1.165) is 25.7 Å². The zero-order valence-corrected chi connectivity index (χ0v) is 11.0. The lowest BCUT2D eigenvalue weighted by Gasteiger charge is -2.33. The van der Waals surface area contributed by atoms with E-state index in [1.165, 1.54) is 5.56 Å². The van der Waals surface area contributed by atoms with Crippen LogP contribution < -0.4 is 0 Å². The van der Waals surface area contributed by atoms with Crippen molar-refractivity contribution >= 4 is 0 Å². The molecule has 1 fully saturated rings. The SMILES string of the molecule is N#CCC1(C#N)CCC(OCc2ccccc2)CC1. The van der Waals surface area contributed by atoms with Gasteiger partial charge in [-0.25, -0.2) is 0 Å². The topological polar surface area (TPSA) is 56.8 Å². The minimum atomic E-state index is -0.429. The Morgan fingerprint density at radius 1 is 1.16 bits per heavy atom. The summed E-state index contributed by atoms with van der Waals surface area (Å²) in [5, 5.41) is 18.0. The number of nitriles is 2. The summed E-state index contributed by atoms with van der Waals surface area (Å²) in [6, 6.07) is 14.6. The molecular formula is C16H18N2O. The molecule has 98 valence electrons. The Bertz CT molecular complexity index is 476. The van der Waals surface area contributed by atoms with Gasteiger partial charge in [0.15, 0.2) is 0 Å². The zero-order chi connectivity index (χ0) is 13.6. The van der Waals surface area contributed by atoms with E-state index in [2.05, 4.69) is 24.3 Å². The third-order valence-electron chi connectivity index (χ3n) is 3.87. The lowest BCUT2D eigenvalue weighted by Crippen LogP contribution is -2.29. The van der Waals surface area contributed by atoms with Crippen LogP contribution in [0.25, 0.3) is 0 Å². The van der Waals surface area contributed by atoms with Crippen molar-refractivity contribution in [2.45, 2.75) is 44.8 Å². The van der Waals surface area contributed by atoms with E-state index in [4.69, 9.17) is 10.00 Å². The van der Waals surface area contributed by atoms with Gasteiger partial charge in [-0.15, -0.1) is 0 Å². The maximum Gasteiger partial charge on any atom is 0.0720 e. The first-order valence-electron chi connectivity index (χ1n) is 6.72. The number of rotatable bonds is 4. The van der Waals surface area contributed by atoms with Crippen molar-refractivity contribution in [1.82, 2.24) is 0 Å². The molecule has 0 heterocycles. The second-order valence-electron chi connectivity index (χ2n) is 5.22. The van der Waals surface area contributed by atoms with E-state index < -0.39 is 5.41 Å². The van der Waals surface area contributed by atoms with Gasteiger partial charge >= 0.3 is 0 Å². The Kier molecular flexibility index (Phi) is 4.55. The van der Waals surface area contributed by atoms with Crippen LogP contribution in [0.2, 0.25) is 0 Å². The highest BCUT2D eigenvalue weighted by atomic mass is 16.5. The van der Waals surface area contributed by atoms with Crippen LogP contribution in [0.15, 0.2) is 30.3 Å². The van der Waals surface area contributed by atoms with Crippen molar-refractivity contribution in [3.05, 3.63) is 35.9 Å². The highest BCUT2D eigenvalue weighted by Gasteiger charge is 2.35. The minimum Gasteiger partial charge on any atom is -0.374 e. The zero-order valence-electron chi connectivity index (χ0n) is 11.0. The Morgan fingerprint density at radius 3 is 2.42 bits per heavy atom. The molecule has 1 aromatic carbocycles. The van der Waals surface area contributed by atoms with E-state index in [0.29, 0.717) is 13.0 Å². The number of hydrogen-bond donors (Lipinski definition) is 0. The lowest BCUT2D eigenvalue weighted by atomic mass is 9.72. The molecule has 1 saturated carbocycles. The molecule has 0 bridgehead atoms. The molecule has 1 aromatic rings. The molecule has 0 N–H and O–H groups in total. The summed E-state index contributed by atoms with van der Waals surface area (Å²) in [5.74, 6) is 0. The molecule has 0 atom stereocenters.